The highest BCUT2D eigenvalue weighted by Gasteiger charge is 2.34. The fourth-order valence-electron chi connectivity index (χ4n) is 3.86. The minimum atomic E-state index is -0.0958. The van der Waals surface area contributed by atoms with Gasteiger partial charge in [-0.1, -0.05) is 60.3 Å². The van der Waals surface area contributed by atoms with Crippen LogP contribution in [-0.2, 0) is 0 Å². The first-order chi connectivity index (χ1) is 14.1. The van der Waals surface area contributed by atoms with Crippen LogP contribution in [0.4, 0.5) is 0 Å². The molecular weight excluding hydrogens is 416 g/mol. The highest BCUT2D eigenvalue weighted by Crippen LogP contribution is 2.45. The zero-order chi connectivity index (χ0) is 20.0. The van der Waals surface area contributed by atoms with Gasteiger partial charge in [0.2, 0.25) is 0 Å². The second-order valence-electron chi connectivity index (χ2n) is 7.17. The summed E-state index contributed by atoms with van der Waals surface area (Å²) in [6, 6.07) is 21.3. The summed E-state index contributed by atoms with van der Waals surface area (Å²) in [6.45, 7) is 4.13. The predicted molar refractivity (Wildman–Crippen MR) is 125 cm³/mol. The minimum absolute atomic E-state index is 0.0958. The van der Waals surface area contributed by atoms with Gasteiger partial charge in [0, 0.05) is 20.8 Å². The molecule has 0 saturated heterocycles. The molecule has 6 heteroatoms. The third-order valence-corrected chi connectivity index (χ3v) is 9.14. The smallest absolute Gasteiger partial charge is 0.282 e. The quantitative estimate of drug-likeness (QED) is 0.373. The maximum atomic E-state index is 12.8. The van der Waals surface area contributed by atoms with Crippen molar-refractivity contribution >= 4 is 45.1 Å². The second kappa shape index (κ2) is 7.67. The number of nitrogens with zero attached hydrogens (tertiary/aromatic N) is 2. The van der Waals surface area contributed by atoms with Crippen molar-refractivity contribution in [2.45, 2.75) is 35.2 Å². The van der Waals surface area contributed by atoms with E-state index in [0.717, 1.165) is 26.7 Å². The van der Waals surface area contributed by atoms with Crippen molar-refractivity contribution in [3.05, 3.63) is 87.0 Å². The third-order valence-electron chi connectivity index (χ3n) is 5.38. The number of rotatable bonds is 3. The summed E-state index contributed by atoms with van der Waals surface area (Å²) in [5, 5.41) is 1.96. The van der Waals surface area contributed by atoms with Crippen molar-refractivity contribution in [3.63, 3.8) is 0 Å². The Hall–Kier alpha value is -2.02. The van der Waals surface area contributed by atoms with E-state index in [-0.39, 0.29) is 11.6 Å². The van der Waals surface area contributed by atoms with Crippen molar-refractivity contribution in [1.82, 2.24) is 9.55 Å². The summed E-state index contributed by atoms with van der Waals surface area (Å²) in [4.78, 5) is 20.8. The molecule has 0 N–H and O–H groups in total. The lowest BCUT2D eigenvalue weighted by Crippen LogP contribution is -2.32. The van der Waals surface area contributed by atoms with Crippen LogP contribution in [0.2, 0.25) is 0 Å². The number of aromatic nitrogens is 2. The lowest BCUT2D eigenvalue weighted by atomic mass is 10.0. The van der Waals surface area contributed by atoms with Crippen LogP contribution in [0.1, 0.15) is 22.0 Å². The first kappa shape index (κ1) is 19.0. The molecule has 2 atom stereocenters. The number of benzene rings is 2. The van der Waals surface area contributed by atoms with Crippen molar-refractivity contribution < 1.29 is 0 Å². The van der Waals surface area contributed by atoms with E-state index in [0.29, 0.717) is 5.25 Å². The van der Waals surface area contributed by atoms with E-state index in [1.54, 1.807) is 23.1 Å². The Balaban J connectivity index is 1.73. The van der Waals surface area contributed by atoms with Crippen molar-refractivity contribution in [2.75, 3.05) is 5.75 Å². The van der Waals surface area contributed by atoms with Gasteiger partial charge in [-0.05, 0) is 37.1 Å². The largest absolute Gasteiger partial charge is 0.303 e. The highest BCUT2D eigenvalue weighted by atomic mass is 32.2. The van der Waals surface area contributed by atoms with Crippen LogP contribution in [0.25, 0.3) is 10.2 Å². The van der Waals surface area contributed by atoms with E-state index in [1.807, 2.05) is 18.7 Å². The van der Waals surface area contributed by atoms with Crippen LogP contribution >= 0.6 is 34.9 Å². The molecule has 146 valence electrons. The molecule has 0 fully saturated rings. The average Bonchev–Trinajstić information content (AvgIpc) is 3.05. The lowest BCUT2D eigenvalue weighted by molar-refractivity contribution is 0.526. The molecule has 1 aliphatic rings. The summed E-state index contributed by atoms with van der Waals surface area (Å²) in [7, 11) is 0. The van der Waals surface area contributed by atoms with Crippen LogP contribution in [0.5, 0.6) is 0 Å². The Morgan fingerprint density at radius 3 is 2.45 bits per heavy atom. The monoisotopic (exact) mass is 436 g/mol. The van der Waals surface area contributed by atoms with Crippen LogP contribution < -0.4 is 5.56 Å². The highest BCUT2D eigenvalue weighted by molar-refractivity contribution is 8.03. The van der Waals surface area contributed by atoms with E-state index in [9.17, 15) is 4.79 Å². The molecule has 0 amide bonds. The molecule has 29 heavy (non-hydrogen) atoms. The maximum absolute atomic E-state index is 12.8. The van der Waals surface area contributed by atoms with Crippen molar-refractivity contribution in [1.29, 1.82) is 0 Å². The van der Waals surface area contributed by atoms with Crippen LogP contribution in [0.3, 0.4) is 0 Å². The molecular formula is C23H20N2OS3. The normalized spacial score (nSPS) is 18.7. The molecule has 3 nitrogen and oxygen atoms in total. The van der Waals surface area contributed by atoms with Crippen LogP contribution in [0.15, 0.2) is 75.5 Å². The molecule has 5 rings (SSSR count). The van der Waals surface area contributed by atoms with E-state index >= 15 is 0 Å². The number of fused-ring (bicyclic) bond motifs is 3. The third kappa shape index (κ3) is 3.33. The van der Waals surface area contributed by atoms with Gasteiger partial charge in [-0.25, -0.2) is 0 Å². The first-order valence-electron chi connectivity index (χ1n) is 9.55. The van der Waals surface area contributed by atoms with Gasteiger partial charge in [0.1, 0.15) is 4.83 Å². The van der Waals surface area contributed by atoms with E-state index in [2.05, 4.69) is 77.1 Å². The molecule has 3 heterocycles. The number of thiophene rings is 1. The number of aryl methyl sites for hydroxylation is 2. The number of thioether (sulfide) groups is 2. The standard InChI is InChI=1S/C23H20N2OS3/c1-14-15(2)28-22-19(14)21(26)24-23-25(22)20(16-9-5-3-6-10-16)18(13-27-23)29-17-11-7-4-8-12-17/h3-12,18,20H,13H2,1-2H3/t18-,20+/m0/s1. The Morgan fingerprint density at radius 2 is 1.72 bits per heavy atom. The molecule has 0 spiro atoms. The van der Waals surface area contributed by atoms with Gasteiger partial charge in [0.05, 0.1) is 11.4 Å². The van der Waals surface area contributed by atoms with Gasteiger partial charge in [0.25, 0.3) is 5.56 Å². The Labute approximate surface area is 182 Å². The topological polar surface area (TPSA) is 34.9 Å². The lowest BCUT2D eigenvalue weighted by Gasteiger charge is -2.35. The van der Waals surface area contributed by atoms with Gasteiger partial charge in [-0.3, -0.25) is 4.79 Å². The summed E-state index contributed by atoms with van der Waals surface area (Å²) < 4.78 is 2.32. The van der Waals surface area contributed by atoms with Crippen LogP contribution in [-0.4, -0.2) is 20.6 Å². The molecule has 1 aliphatic heterocycles. The SMILES string of the molecule is Cc1sc2c(c1C)c(=O)nc1n2[C@H](c2ccccc2)[C@@H](Sc2ccccc2)CS1. The molecule has 2 aromatic heterocycles. The zero-order valence-corrected chi connectivity index (χ0v) is 18.6. The minimum Gasteiger partial charge on any atom is -0.303 e. The molecule has 4 aromatic rings. The zero-order valence-electron chi connectivity index (χ0n) is 16.2. The van der Waals surface area contributed by atoms with Gasteiger partial charge in [0.15, 0.2) is 5.16 Å². The molecule has 0 unspecified atom stereocenters. The van der Waals surface area contributed by atoms with Gasteiger partial charge >= 0.3 is 0 Å². The van der Waals surface area contributed by atoms with E-state index in [1.165, 1.54) is 15.3 Å². The fourth-order valence-corrected chi connectivity index (χ4v) is 7.64. The number of hydrogen-bond donors (Lipinski definition) is 0. The van der Waals surface area contributed by atoms with Gasteiger partial charge in [-0.2, -0.15) is 4.98 Å². The van der Waals surface area contributed by atoms with Gasteiger partial charge in [-0.15, -0.1) is 23.1 Å². The maximum Gasteiger partial charge on any atom is 0.282 e. The summed E-state index contributed by atoms with van der Waals surface area (Å²) >= 11 is 5.32. The average molecular weight is 437 g/mol. The predicted octanol–water partition coefficient (Wildman–Crippen LogP) is 5.93. The molecule has 0 bridgehead atoms. The Kier molecular flexibility index (Phi) is 5.02. The van der Waals surface area contributed by atoms with Gasteiger partial charge < -0.3 is 4.57 Å². The Morgan fingerprint density at radius 1 is 1.03 bits per heavy atom. The summed E-state index contributed by atoms with van der Waals surface area (Å²) in [6.07, 6.45) is 0. The molecule has 0 radical (unpaired) electrons. The first-order valence-corrected chi connectivity index (χ1v) is 12.2. The van der Waals surface area contributed by atoms with Crippen LogP contribution in [0, 0.1) is 13.8 Å². The fraction of sp³-hybridized carbons (Fsp3) is 0.217. The second-order valence-corrected chi connectivity index (χ2v) is 10.7. The number of hydrogen-bond acceptors (Lipinski definition) is 5. The van der Waals surface area contributed by atoms with E-state index < -0.39 is 0 Å². The summed E-state index contributed by atoms with van der Waals surface area (Å²) in [5.41, 5.74) is 2.23. The molecule has 0 saturated carbocycles. The molecule has 2 aromatic carbocycles. The Bertz CT molecular complexity index is 1230. The summed E-state index contributed by atoms with van der Waals surface area (Å²) in [5.74, 6) is 0.917. The van der Waals surface area contributed by atoms with Crippen molar-refractivity contribution in [2.24, 2.45) is 0 Å². The van der Waals surface area contributed by atoms with Crippen molar-refractivity contribution in [3.8, 4) is 0 Å². The molecule has 0 aliphatic carbocycles. The van der Waals surface area contributed by atoms with E-state index in [4.69, 9.17) is 0 Å².